The number of nitrogens with zero attached hydrogens (tertiary/aromatic N) is 7. The number of H-pyrrole nitrogens is 1. The zero-order valence-electron chi connectivity index (χ0n) is 30.7. The molecule has 12 heteroatoms. The van der Waals surface area contributed by atoms with Crippen molar-refractivity contribution in [2.75, 3.05) is 45.8 Å². The molecule has 0 radical (unpaired) electrons. The number of benzene rings is 1. The lowest BCUT2D eigenvalue weighted by Crippen LogP contribution is -2.42. The molecule has 3 saturated heterocycles. The molecule has 3 aliphatic heterocycles. The highest BCUT2D eigenvalue weighted by molar-refractivity contribution is 5.96. The molecule has 2 atom stereocenters. The monoisotopic (exact) mass is 707 g/mol. The molecule has 4 heterocycles. The molecular weight excluding hydrogens is 654 g/mol. The number of nitriles is 1. The molecule has 6 rings (SSSR count). The van der Waals surface area contributed by atoms with Gasteiger partial charge in [0.15, 0.2) is 5.82 Å². The topological polar surface area (TPSA) is 151 Å². The largest absolute Gasteiger partial charge is 0.339 e. The SMILES string of the molecule is C=C(/C=C\C1=C(C)CCc2cc(C(=O)N3CCCCC3)ccc2C1(CCNCC(=O)N1CCCC1C#N)c1nn[nH]n1)C(=O)N1CCCCCCC1. The smallest absolute Gasteiger partial charge is 0.253 e. The highest BCUT2D eigenvalue weighted by Crippen LogP contribution is 2.47. The Balaban J connectivity index is 1.35. The Bertz CT molecular complexity index is 1710. The van der Waals surface area contributed by atoms with Crippen LogP contribution in [0.2, 0.25) is 0 Å². The van der Waals surface area contributed by atoms with Crippen LogP contribution >= 0.6 is 0 Å². The first kappa shape index (κ1) is 37.1. The number of rotatable bonds is 10. The normalized spacial score (nSPS) is 22.8. The van der Waals surface area contributed by atoms with E-state index in [4.69, 9.17) is 0 Å². The Hall–Kier alpha value is -4.63. The van der Waals surface area contributed by atoms with Gasteiger partial charge in [-0.2, -0.15) is 10.5 Å². The van der Waals surface area contributed by atoms with Crippen LogP contribution in [0.25, 0.3) is 0 Å². The minimum absolute atomic E-state index is 0.0470. The molecule has 2 N–H and O–H groups in total. The molecule has 52 heavy (non-hydrogen) atoms. The highest BCUT2D eigenvalue weighted by Gasteiger charge is 2.44. The molecule has 1 aromatic heterocycles. The summed E-state index contributed by atoms with van der Waals surface area (Å²) in [6, 6.07) is 7.88. The van der Waals surface area contributed by atoms with Gasteiger partial charge in [-0.15, -0.1) is 10.2 Å². The zero-order valence-corrected chi connectivity index (χ0v) is 30.7. The van der Waals surface area contributed by atoms with E-state index in [2.05, 4.69) is 45.5 Å². The second-order valence-corrected chi connectivity index (χ2v) is 14.8. The third-order valence-electron chi connectivity index (χ3n) is 11.4. The van der Waals surface area contributed by atoms with E-state index >= 15 is 0 Å². The summed E-state index contributed by atoms with van der Waals surface area (Å²) in [4.78, 5) is 46.0. The molecule has 276 valence electrons. The van der Waals surface area contributed by atoms with Crippen molar-refractivity contribution in [1.82, 2.24) is 40.6 Å². The third-order valence-corrected chi connectivity index (χ3v) is 11.4. The van der Waals surface area contributed by atoms with E-state index in [1.807, 2.05) is 40.2 Å². The molecule has 2 unspecified atom stereocenters. The maximum absolute atomic E-state index is 13.7. The summed E-state index contributed by atoms with van der Waals surface area (Å²) in [6.45, 7) is 10.5. The average Bonchev–Trinajstić information content (AvgIpc) is 3.86. The predicted molar refractivity (Wildman–Crippen MR) is 198 cm³/mol. The lowest BCUT2D eigenvalue weighted by Gasteiger charge is -2.35. The van der Waals surface area contributed by atoms with Gasteiger partial charge in [0.25, 0.3) is 11.8 Å². The lowest BCUT2D eigenvalue weighted by molar-refractivity contribution is -0.130. The minimum atomic E-state index is -0.922. The molecule has 3 fully saturated rings. The summed E-state index contributed by atoms with van der Waals surface area (Å²) < 4.78 is 0. The van der Waals surface area contributed by atoms with Crippen molar-refractivity contribution in [1.29, 1.82) is 5.26 Å². The Morgan fingerprint density at radius 1 is 1.00 bits per heavy atom. The Labute approximate surface area is 307 Å². The van der Waals surface area contributed by atoms with E-state index in [1.165, 1.54) is 6.42 Å². The van der Waals surface area contributed by atoms with Crippen molar-refractivity contribution in [3.8, 4) is 6.07 Å². The van der Waals surface area contributed by atoms with Crippen molar-refractivity contribution in [2.45, 2.75) is 102 Å². The van der Waals surface area contributed by atoms with E-state index in [1.54, 1.807) is 4.90 Å². The number of hydrogen-bond donors (Lipinski definition) is 2. The van der Waals surface area contributed by atoms with E-state index < -0.39 is 5.41 Å². The number of amides is 3. The van der Waals surface area contributed by atoms with Gasteiger partial charge in [0.05, 0.1) is 18.0 Å². The van der Waals surface area contributed by atoms with Gasteiger partial charge in [0.2, 0.25) is 5.91 Å². The van der Waals surface area contributed by atoms with Crippen LogP contribution in [-0.2, 0) is 21.4 Å². The molecule has 4 aliphatic rings. The van der Waals surface area contributed by atoms with Gasteiger partial charge in [-0.3, -0.25) is 14.4 Å². The number of fused-ring (bicyclic) bond motifs is 1. The van der Waals surface area contributed by atoms with Crippen LogP contribution in [0.3, 0.4) is 0 Å². The number of tetrazole rings is 1. The van der Waals surface area contributed by atoms with Crippen LogP contribution in [0.4, 0.5) is 0 Å². The van der Waals surface area contributed by atoms with Crippen molar-refractivity contribution in [3.05, 3.63) is 76.2 Å². The zero-order chi connectivity index (χ0) is 36.5. The van der Waals surface area contributed by atoms with E-state index in [9.17, 15) is 19.6 Å². The van der Waals surface area contributed by atoms with Gasteiger partial charge in [-0.25, -0.2) is 0 Å². The molecular formula is C40H53N9O3. The first-order valence-electron chi connectivity index (χ1n) is 19.3. The number of aromatic amines is 1. The molecule has 12 nitrogen and oxygen atoms in total. The van der Waals surface area contributed by atoms with E-state index in [-0.39, 0.29) is 30.3 Å². The number of nitrogens with one attached hydrogen (secondary N) is 2. The fourth-order valence-electron chi connectivity index (χ4n) is 8.53. The van der Waals surface area contributed by atoms with Crippen LogP contribution < -0.4 is 5.32 Å². The van der Waals surface area contributed by atoms with Crippen molar-refractivity contribution in [2.24, 2.45) is 0 Å². The molecule has 0 bridgehead atoms. The van der Waals surface area contributed by atoms with Crippen LogP contribution in [-0.4, -0.2) is 105 Å². The van der Waals surface area contributed by atoms with Crippen LogP contribution in [0.15, 0.2) is 53.6 Å². The molecule has 1 aliphatic carbocycles. The number of carbonyl (C=O) groups excluding carboxylic acids is 3. The number of allylic oxidation sites excluding steroid dienone is 3. The van der Waals surface area contributed by atoms with Gasteiger partial charge in [0, 0.05) is 43.9 Å². The molecule has 0 spiro atoms. The first-order valence-corrected chi connectivity index (χ1v) is 19.3. The number of likely N-dealkylation sites (tertiary alicyclic amines) is 3. The molecule has 1 aromatic carbocycles. The van der Waals surface area contributed by atoms with Crippen molar-refractivity contribution in [3.63, 3.8) is 0 Å². The standard InChI is InChI=1S/C40H53N9O3/c1-29-13-15-31-26-32(38(52)48-23-9-6-10-24-48)16-18-35(31)40(39-43-45-46-44-39,19-20-42-28-36(50)49-25-11-12-33(49)27-41)34(29)17-14-30(2)37(51)47-21-7-4-3-5-8-22-47/h14,16-18,26,33,42H,2-13,15,19-25,28H2,1H3,(H,43,44,45,46)/b17-14-. The molecule has 2 aromatic rings. The van der Waals surface area contributed by atoms with E-state index in [0.717, 1.165) is 106 Å². The summed E-state index contributed by atoms with van der Waals surface area (Å²) in [5, 5.41) is 28.8. The maximum Gasteiger partial charge on any atom is 0.253 e. The highest BCUT2D eigenvalue weighted by atomic mass is 16.2. The number of hydrogen-bond acceptors (Lipinski definition) is 8. The van der Waals surface area contributed by atoms with Gasteiger partial charge < -0.3 is 20.0 Å². The Morgan fingerprint density at radius 2 is 1.71 bits per heavy atom. The number of piperidine rings is 1. The number of carbonyl (C=O) groups is 3. The van der Waals surface area contributed by atoms with Gasteiger partial charge in [-0.05, 0) is 113 Å². The number of aromatic nitrogens is 4. The Kier molecular flexibility index (Phi) is 12.3. The minimum Gasteiger partial charge on any atom is -0.339 e. The Morgan fingerprint density at radius 3 is 2.42 bits per heavy atom. The summed E-state index contributed by atoms with van der Waals surface area (Å²) in [7, 11) is 0. The molecule has 3 amide bonds. The predicted octanol–water partition coefficient (Wildman–Crippen LogP) is 4.77. The third kappa shape index (κ3) is 8.04. The quantitative estimate of drug-likeness (QED) is 0.204. The summed E-state index contributed by atoms with van der Waals surface area (Å²) in [5.41, 5.74) is 4.24. The van der Waals surface area contributed by atoms with Crippen molar-refractivity contribution >= 4 is 17.7 Å². The summed E-state index contributed by atoms with van der Waals surface area (Å²) >= 11 is 0. The second kappa shape index (κ2) is 17.3. The molecule has 0 saturated carbocycles. The van der Waals surface area contributed by atoms with Gasteiger partial charge in [-0.1, -0.05) is 48.8 Å². The summed E-state index contributed by atoms with van der Waals surface area (Å²) in [5.74, 6) is 0.390. The van der Waals surface area contributed by atoms with E-state index in [0.29, 0.717) is 49.3 Å². The summed E-state index contributed by atoms with van der Waals surface area (Å²) in [6.07, 6.45) is 15.9. The lowest BCUT2D eigenvalue weighted by atomic mass is 9.68. The van der Waals surface area contributed by atoms with Gasteiger partial charge >= 0.3 is 0 Å². The first-order chi connectivity index (χ1) is 25.3. The fourth-order valence-corrected chi connectivity index (χ4v) is 8.53. The van der Waals surface area contributed by atoms with Crippen LogP contribution in [0.1, 0.15) is 111 Å². The van der Waals surface area contributed by atoms with Crippen molar-refractivity contribution < 1.29 is 14.4 Å². The van der Waals surface area contributed by atoms with Crippen LogP contribution in [0, 0.1) is 11.3 Å². The maximum atomic E-state index is 13.7. The second-order valence-electron chi connectivity index (χ2n) is 14.8. The average molecular weight is 708 g/mol. The van der Waals surface area contributed by atoms with Crippen LogP contribution in [0.5, 0.6) is 0 Å². The fraction of sp³-hybridized carbons (Fsp3) is 0.575. The van der Waals surface area contributed by atoms with Gasteiger partial charge in [0.1, 0.15) is 6.04 Å². The number of aryl methyl sites for hydroxylation is 1.